The molecule has 2 aromatic carbocycles. The van der Waals surface area contributed by atoms with E-state index in [4.69, 9.17) is 5.11 Å². The van der Waals surface area contributed by atoms with Crippen LogP contribution in [0.1, 0.15) is 16.7 Å². The highest BCUT2D eigenvalue weighted by molar-refractivity contribution is 7.89. The molecule has 1 N–H and O–H groups in total. The maximum atomic E-state index is 13.8. The van der Waals surface area contributed by atoms with Crippen LogP contribution in [0.3, 0.4) is 0 Å². The van der Waals surface area contributed by atoms with Crippen molar-refractivity contribution in [1.29, 1.82) is 0 Å². The third kappa shape index (κ3) is 5.60. The van der Waals surface area contributed by atoms with E-state index in [-0.39, 0.29) is 31.0 Å². The summed E-state index contributed by atoms with van der Waals surface area (Å²) in [5.41, 5.74) is -0.586. The van der Waals surface area contributed by atoms with Gasteiger partial charge < -0.3 is 5.11 Å². The molecule has 31 heavy (non-hydrogen) atoms. The zero-order chi connectivity index (χ0) is 22.8. The van der Waals surface area contributed by atoms with Crippen LogP contribution in [0.15, 0.2) is 47.4 Å². The number of carbonyl (C=O) groups is 1. The van der Waals surface area contributed by atoms with Gasteiger partial charge in [0.15, 0.2) is 0 Å². The van der Waals surface area contributed by atoms with E-state index >= 15 is 0 Å². The molecule has 1 saturated heterocycles. The molecule has 1 fully saturated rings. The second kappa shape index (κ2) is 8.93. The number of sulfonamides is 1. The SMILES string of the molecule is O=C(O)Cc1cccc(S(=O)(=O)N2CCN(Cc3ccc(C(F)(F)F)c(F)c3)CC2)c1. The first-order chi connectivity index (χ1) is 14.5. The molecule has 1 heterocycles. The first-order valence-electron chi connectivity index (χ1n) is 9.35. The lowest BCUT2D eigenvalue weighted by molar-refractivity contribution is -0.140. The Bertz CT molecular complexity index is 1070. The van der Waals surface area contributed by atoms with Crippen LogP contribution in [0.5, 0.6) is 0 Å². The van der Waals surface area contributed by atoms with Gasteiger partial charge in [-0.05, 0) is 35.4 Å². The summed E-state index contributed by atoms with van der Waals surface area (Å²) >= 11 is 0. The minimum atomic E-state index is -4.76. The number of hydrogen-bond acceptors (Lipinski definition) is 4. The van der Waals surface area contributed by atoms with E-state index in [1.807, 2.05) is 4.90 Å². The highest BCUT2D eigenvalue weighted by Crippen LogP contribution is 2.31. The number of alkyl halides is 3. The Balaban J connectivity index is 1.64. The summed E-state index contributed by atoms with van der Waals surface area (Å²) in [6.45, 7) is 1.12. The van der Waals surface area contributed by atoms with Gasteiger partial charge >= 0.3 is 12.1 Å². The first kappa shape index (κ1) is 23.2. The van der Waals surface area contributed by atoms with Crippen molar-refractivity contribution in [3.8, 4) is 0 Å². The fourth-order valence-electron chi connectivity index (χ4n) is 3.41. The number of nitrogens with zero attached hydrogens (tertiary/aromatic N) is 2. The molecule has 0 unspecified atom stereocenters. The fraction of sp³-hybridized carbons (Fsp3) is 0.350. The lowest BCUT2D eigenvalue weighted by atomic mass is 10.1. The number of halogens is 4. The zero-order valence-corrected chi connectivity index (χ0v) is 17.1. The molecule has 0 spiro atoms. The summed E-state index contributed by atoms with van der Waals surface area (Å²) in [6, 6.07) is 8.52. The Hall–Kier alpha value is -2.50. The van der Waals surface area contributed by atoms with Crippen molar-refractivity contribution in [2.75, 3.05) is 26.2 Å². The van der Waals surface area contributed by atoms with Crippen LogP contribution in [0.25, 0.3) is 0 Å². The topological polar surface area (TPSA) is 77.9 Å². The van der Waals surface area contributed by atoms with E-state index in [9.17, 15) is 30.8 Å². The largest absolute Gasteiger partial charge is 0.481 e. The molecule has 0 radical (unpaired) electrons. The molecule has 0 atom stereocenters. The van der Waals surface area contributed by atoms with Gasteiger partial charge in [-0.25, -0.2) is 12.8 Å². The maximum absolute atomic E-state index is 13.8. The Morgan fingerprint density at radius 3 is 2.26 bits per heavy atom. The quantitative estimate of drug-likeness (QED) is 0.671. The molecule has 6 nitrogen and oxygen atoms in total. The Labute approximate surface area is 176 Å². The summed E-state index contributed by atoms with van der Waals surface area (Å²) in [4.78, 5) is 12.7. The molecule has 0 amide bonds. The summed E-state index contributed by atoms with van der Waals surface area (Å²) < 4.78 is 78.8. The summed E-state index contributed by atoms with van der Waals surface area (Å²) in [6.07, 6.45) is -5.05. The van der Waals surface area contributed by atoms with Crippen molar-refractivity contribution >= 4 is 16.0 Å². The number of benzene rings is 2. The van der Waals surface area contributed by atoms with Crippen LogP contribution in [0.4, 0.5) is 17.6 Å². The van der Waals surface area contributed by atoms with Crippen molar-refractivity contribution in [2.45, 2.75) is 24.0 Å². The normalized spacial score (nSPS) is 16.4. The lowest BCUT2D eigenvalue weighted by Gasteiger charge is -2.34. The second-order valence-electron chi connectivity index (χ2n) is 7.21. The highest BCUT2D eigenvalue weighted by atomic mass is 32.2. The van der Waals surface area contributed by atoms with Crippen molar-refractivity contribution in [3.63, 3.8) is 0 Å². The molecule has 2 aromatic rings. The monoisotopic (exact) mass is 460 g/mol. The predicted molar refractivity (Wildman–Crippen MR) is 103 cm³/mol. The van der Waals surface area contributed by atoms with Gasteiger partial charge in [-0.15, -0.1) is 0 Å². The smallest absolute Gasteiger partial charge is 0.419 e. The molecule has 0 saturated carbocycles. The van der Waals surface area contributed by atoms with Gasteiger partial charge in [-0.2, -0.15) is 17.5 Å². The Kier molecular flexibility index (Phi) is 6.68. The number of piperazine rings is 1. The van der Waals surface area contributed by atoms with Crippen molar-refractivity contribution < 1.29 is 35.9 Å². The number of hydrogen-bond donors (Lipinski definition) is 1. The fourth-order valence-corrected chi connectivity index (χ4v) is 4.91. The van der Waals surface area contributed by atoms with E-state index in [0.29, 0.717) is 30.3 Å². The van der Waals surface area contributed by atoms with Gasteiger partial charge in [-0.3, -0.25) is 9.69 Å². The number of carboxylic acids is 1. The standard InChI is InChI=1S/C20H20F4N2O4S/c21-18-11-15(4-5-17(18)20(22,23)24)13-25-6-8-26(9-7-25)31(29,30)16-3-1-2-14(10-16)12-19(27)28/h1-5,10-11H,6-9,12-13H2,(H,27,28). The predicted octanol–water partition coefficient (Wildman–Crippen LogP) is 2.98. The maximum Gasteiger partial charge on any atom is 0.419 e. The molecule has 1 aliphatic heterocycles. The van der Waals surface area contributed by atoms with Crippen LogP contribution in [0, 0.1) is 5.82 Å². The van der Waals surface area contributed by atoms with Gasteiger partial charge in [0.25, 0.3) is 0 Å². The minimum Gasteiger partial charge on any atom is -0.481 e. The van der Waals surface area contributed by atoms with Crippen molar-refractivity contribution in [1.82, 2.24) is 9.21 Å². The Morgan fingerprint density at radius 2 is 1.68 bits per heavy atom. The number of rotatable bonds is 6. The van der Waals surface area contributed by atoms with Crippen LogP contribution < -0.4 is 0 Å². The van der Waals surface area contributed by atoms with Crippen LogP contribution in [-0.2, 0) is 34.0 Å². The average Bonchev–Trinajstić information content (AvgIpc) is 2.67. The Morgan fingerprint density at radius 1 is 1.00 bits per heavy atom. The lowest BCUT2D eigenvalue weighted by Crippen LogP contribution is -2.48. The molecular weight excluding hydrogens is 440 g/mol. The van der Waals surface area contributed by atoms with Gasteiger partial charge in [0.2, 0.25) is 10.0 Å². The van der Waals surface area contributed by atoms with Crippen molar-refractivity contribution in [2.24, 2.45) is 0 Å². The number of carboxylic acid groups (broad SMARTS) is 1. The molecule has 11 heteroatoms. The zero-order valence-electron chi connectivity index (χ0n) is 16.3. The van der Waals surface area contributed by atoms with Gasteiger partial charge in [-0.1, -0.05) is 18.2 Å². The van der Waals surface area contributed by atoms with E-state index in [0.717, 1.165) is 6.07 Å². The molecule has 1 aliphatic rings. The molecule has 0 bridgehead atoms. The molecule has 168 valence electrons. The van der Waals surface area contributed by atoms with Gasteiger partial charge in [0.05, 0.1) is 16.9 Å². The molecule has 0 aliphatic carbocycles. The van der Waals surface area contributed by atoms with E-state index in [1.54, 1.807) is 0 Å². The van der Waals surface area contributed by atoms with E-state index < -0.39 is 33.5 Å². The second-order valence-corrected chi connectivity index (χ2v) is 9.15. The highest BCUT2D eigenvalue weighted by Gasteiger charge is 2.34. The van der Waals surface area contributed by atoms with Crippen molar-refractivity contribution in [3.05, 3.63) is 65.0 Å². The summed E-state index contributed by atoms with van der Waals surface area (Å²) in [5, 5.41) is 8.89. The van der Waals surface area contributed by atoms with Gasteiger partial charge in [0.1, 0.15) is 5.82 Å². The van der Waals surface area contributed by atoms with E-state index in [1.165, 1.54) is 34.6 Å². The minimum absolute atomic E-state index is 0.00418. The first-order valence-corrected chi connectivity index (χ1v) is 10.8. The molecule has 3 rings (SSSR count). The van der Waals surface area contributed by atoms with E-state index in [2.05, 4.69) is 0 Å². The summed E-state index contributed by atoms with van der Waals surface area (Å²) in [7, 11) is -3.82. The molecule has 0 aromatic heterocycles. The average molecular weight is 460 g/mol. The third-order valence-electron chi connectivity index (χ3n) is 4.97. The molecular formula is C20H20F4N2O4S. The van der Waals surface area contributed by atoms with Gasteiger partial charge in [0, 0.05) is 32.7 Å². The summed E-state index contributed by atoms with van der Waals surface area (Å²) in [5.74, 6) is -2.41. The van der Waals surface area contributed by atoms with Crippen LogP contribution in [-0.4, -0.2) is 54.9 Å². The third-order valence-corrected chi connectivity index (χ3v) is 6.86. The number of aliphatic carboxylic acids is 1. The van der Waals surface area contributed by atoms with Crippen LogP contribution >= 0.6 is 0 Å². The van der Waals surface area contributed by atoms with Crippen LogP contribution in [0.2, 0.25) is 0 Å².